The van der Waals surface area contributed by atoms with E-state index in [1.807, 2.05) is 30.3 Å². The van der Waals surface area contributed by atoms with Gasteiger partial charge in [0.25, 0.3) is 0 Å². The van der Waals surface area contributed by atoms with E-state index in [2.05, 4.69) is 27.4 Å². The molecule has 2 fully saturated rings. The lowest BCUT2D eigenvalue weighted by Crippen LogP contribution is -2.49. The van der Waals surface area contributed by atoms with Gasteiger partial charge in [-0.25, -0.2) is 4.79 Å². The predicted molar refractivity (Wildman–Crippen MR) is 87.5 cm³/mol. The molecule has 2 amide bonds. The summed E-state index contributed by atoms with van der Waals surface area (Å²) in [5.74, 6) is 6.02. The fourth-order valence-electron chi connectivity index (χ4n) is 3.43. The van der Waals surface area contributed by atoms with Crippen molar-refractivity contribution in [3.8, 4) is 11.8 Å². The van der Waals surface area contributed by atoms with Gasteiger partial charge in [0.2, 0.25) is 0 Å². The summed E-state index contributed by atoms with van der Waals surface area (Å²) in [5.41, 5.74) is 0.971. The third kappa shape index (κ3) is 3.80. The maximum absolute atomic E-state index is 12.0. The van der Waals surface area contributed by atoms with Crippen LogP contribution < -0.4 is 10.6 Å². The van der Waals surface area contributed by atoms with Gasteiger partial charge in [0.05, 0.1) is 6.54 Å². The van der Waals surface area contributed by atoms with Gasteiger partial charge in [0.15, 0.2) is 0 Å². The monoisotopic (exact) mass is 297 g/mol. The van der Waals surface area contributed by atoms with E-state index in [1.165, 1.54) is 25.8 Å². The first-order chi connectivity index (χ1) is 10.8. The highest BCUT2D eigenvalue weighted by Gasteiger charge is 2.36. The SMILES string of the molecule is O=C(NCC#Cc1ccccc1)NC1CCN2CCCCC12. The summed E-state index contributed by atoms with van der Waals surface area (Å²) in [6.45, 7) is 2.68. The second kappa shape index (κ2) is 7.33. The molecule has 1 aromatic rings. The smallest absolute Gasteiger partial charge is 0.315 e. The van der Waals surface area contributed by atoms with Crippen LogP contribution in [0.25, 0.3) is 0 Å². The molecule has 0 spiro atoms. The van der Waals surface area contributed by atoms with Crippen LogP contribution in [0.1, 0.15) is 31.2 Å². The second-order valence-corrected chi connectivity index (χ2v) is 5.99. The Balaban J connectivity index is 1.42. The Kier molecular flexibility index (Phi) is 4.97. The zero-order valence-corrected chi connectivity index (χ0v) is 12.8. The van der Waals surface area contributed by atoms with Crippen LogP contribution in [0.15, 0.2) is 30.3 Å². The van der Waals surface area contributed by atoms with Crippen LogP contribution in [-0.2, 0) is 0 Å². The predicted octanol–water partition coefficient (Wildman–Crippen LogP) is 1.96. The third-order valence-electron chi connectivity index (χ3n) is 4.52. The number of carbonyl (C=O) groups is 1. The lowest BCUT2D eigenvalue weighted by Gasteiger charge is -2.32. The van der Waals surface area contributed by atoms with Crippen molar-refractivity contribution >= 4 is 6.03 Å². The highest BCUT2D eigenvalue weighted by molar-refractivity contribution is 5.74. The number of fused-ring (bicyclic) bond motifs is 1. The van der Waals surface area contributed by atoms with Crippen molar-refractivity contribution in [2.75, 3.05) is 19.6 Å². The summed E-state index contributed by atoms with van der Waals surface area (Å²) >= 11 is 0. The Hall–Kier alpha value is -1.99. The first-order valence-corrected chi connectivity index (χ1v) is 8.15. The Labute approximate surface area is 132 Å². The summed E-state index contributed by atoms with van der Waals surface area (Å²) in [5, 5.41) is 5.95. The first kappa shape index (κ1) is 14.9. The first-order valence-electron chi connectivity index (χ1n) is 8.15. The molecule has 0 bridgehead atoms. The number of urea groups is 1. The standard InChI is InChI=1S/C18H23N3O/c22-18(19-12-6-9-15-7-2-1-3-8-15)20-16-11-14-21-13-5-4-10-17(16)21/h1-3,7-8,16-17H,4-5,10-14H2,(H2,19,20,22). The third-order valence-corrected chi connectivity index (χ3v) is 4.52. The number of benzene rings is 1. The molecule has 116 valence electrons. The van der Waals surface area contributed by atoms with Crippen molar-refractivity contribution in [3.63, 3.8) is 0 Å². The van der Waals surface area contributed by atoms with Crippen LogP contribution in [0.3, 0.4) is 0 Å². The highest BCUT2D eigenvalue weighted by atomic mass is 16.2. The van der Waals surface area contributed by atoms with Crippen LogP contribution in [0.5, 0.6) is 0 Å². The molecule has 2 N–H and O–H groups in total. The van der Waals surface area contributed by atoms with E-state index in [0.717, 1.165) is 18.5 Å². The fourth-order valence-corrected chi connectivity index (χ4v) is 3.43. The van der Waals surface area contributed by atoms with Crippen molar-refractivity contribution in [3.05, 3.63) is 35.9 Å². The largest absolute Gasteiger partial charge is 0.334 e. The Morgan fingerprint density at radius 2 is 2.05 bits per heavy atom. The molecule has 22 heavy (non-hydrogen) atoms. The number of piperidine rings is 1. The minimum atomic E-state index is -0.0974. The molecule has 2 unspecified atom stereocenters. The summed E-state index contributed by atoms with van der Waals surface area (Å²) in [4.78, 5) is 14.5. The summed E-state index contributed by atoms with van der Waals surface area (Å²) in [6.07, 6.45) is 4.85. The van der Waals surface area contributed by atoms with Gasteiger partial charge >= 0.3 is 6.03 Å². The molecule has 2 aliphatic heterocycles. The Morgan fingerprint density at radius 3 is 2.91 bits per heavy atom. The van der Waals surface area contributed by atoms with Crippen molar-refractivity contribution in [2.45, 2.75) is 37.8 Å². The second-order valence-electron chi connectivity index (χ2n) is 5.99. The van der Waals surface area contributed by atoms with Crippen LogP contribution >= 0.6 is 0 Å². The van der Waals surface area contributed by atoms with Gasteiger partial charge in [0, 0.05) is 24.2 Å². The highest BCUT2D eigenvalue weighted by Crippen LogP contribution is 2.26. The van der Waals surface area contributed by atoms with E-state index in [0.29, 0.717) is 18.6 Å². The van der Waals surface area contributed by atoms with Crippen molar-refractivity contribution in [2.24, 2.45) is 0 Å². The zero-order chi connectivity index (χ0) is 15.2. The van der Waals surface area contributed by atoms with Gasteiger partial charge < -0.3 is 10.6 Å². The van der Waals surface area contributed by atoms with Gasteiger partial charge in [-0.1, -0.05) is 36.5 Å². The average molecular weight is 297 g/mol. The summed E-state index contributed by atoms with van der Waals surface area (Å²) in [6, 6.07) is 10.5. The lowest BCUT2D eigenvalue weighted by atomic mass is 9.99. The minimum absolute atomic E-state index is 0.0974. The molecule has 2 heterocycles. The van der Waals surface area contributed by atoms with E-state index >= 15 is 0 Å². The molecule has 0 saturated carbocycles. The van der Waals surface area contributed by atoms with Crippen molar-refractivity contribution in [1.29, 1.82) is 0 Å². The molecule has 4 nitrogen and oxygen atoms in total. The maximum atomic E-state index is 12.0. The number of nitrogens with one attached hydrogen (secondary N) is 2. The minimum Gasteiger partial charge on any atom is -0.334 e. The molecule has 0 aromatic heterocycles. The van der Waals surface area contributed by atoms with Crippen LogP contribution in [0, 0.1) is 11.8 Å². The van der Waals surface area contributed by atoms with Gasteiger partial charge in [-0.2, -0.15) is 0 Å². The van der Waals surface area contributed by atoms with E-state index in [9.17, 15) is 4.79 Å². The van der Waals surface area contributed by atoms with Crippen LogP contribution in [0.4, 0.5) is 4.79 Å². The summed E-state index contributed by atoms with van der Waals surface area (Å²) < 4.78 is 0. The maximum Gasteiger partial charge on any atom is 0.315 e. The number of amides is 2. The number of hydrogen-bond acceptors (Lipinski definition) is 2. The topological polar surface area (TPSA) is 44.4 Å². The van der Waals surface area contributed by atoms with Gasteiger partial charge in [-0.05, 0) is 37.9 Å². The summed E-state index contributed by atoms with van der Waals surface area (Å²) in [7, 11) is 0. The molecule has 0 aliphatic carbocycles. The van der Waals surface area contributed by atoms with E-state index in [1.54, 1.807) is 0 Å². The van der Waals surface area contributed by atoms with Crippen LogP contribution in [-0.4, -0.2) is 42.6 Å². The van der Waals surface area contributed by atoms with E-state index in [4.69, 9.17) is 0 Å². The van der Waals surface area contributed by atoms with Gasteiger partial charge in [-0.15, -0.1) is 0 Å². The Bertz CT molecular complexity index is 561. The van der Waals surface area contributed by atoms with Crippen molar-refractivity contribution < 1.29 is 4.79 Å². The Morgan fingerprint density at radius 1 is 1.18 bits per heavy atom. The lowest BCUT2D eigenvalue weighted by molar-refractivity contribution is 0.179. The van der Waals surface area contributed by atoms with Gasteiger partial charge in [-0.3, -0.25) is 4.90 Å². The molecule has 1 aromatic carbocycles. The van der Waals surface area contributed by atoms with Crippen molar-refractivity contribution in [1.82, 2.24) is 15.5 Å². The fraction of sp³-hybridized carbons (Fsp3) is 0.500. The van der Waals surface area contributed by atoms with Gasteiger partial charge in [0.1, 0.15) is 0 Å². The number of nitrogens with zero attached hydrogens (tertiary/aromatic N) is 1. The molecule has 4 heteroatoms. The quantitative estimate of drug-likeness (QED) is 0.820. The molecular formula is C18H23N3O. The average Bonchev–Trinajstić information content (AvgIpc) is 2.96. The van der Waals surface area contributed by atoms with E-state index in [-0.39, 0.29) is 6.03 Å². The molecule has 2 saturated heterocycles. The molecule has 2 aliphatic rings. The molecule has 3 rings (SSSR count). The molecule has 2 atom stereocenters. The normalized spacial score (nSPS) is 24.0. The molecular weight excluding hydrogens is 274 g/mol. The van der Waals surface area contributed by atoms with Crippen LogP contribution in [0.2, 0.25) is 0 Å². The van der Waals surface area contributed by atoms with E-state index < -0.39 is 0 Å². The number of hydrogen-bond donors (Lipinski definition) is 2. The zero-order valence-electron chi connectivity index (χ0n) is 12.8. The number of carbonyl (C=O) groups excluding carboxylic acids is 1. The number of rotatable bonds is 2. The molecule has 0 radical (unpaired) electrons.